The highest BCUT2D eigenvalue weighted by Crippen LogP contribution is 2.37. The third-order valence-electron chi connectivity index (χ3n) is 4.13. The SMILES string of the molecule is COc1cc(CNc2cccc(C)c2)cc(Br)c1OCc1ccccc1F. The molecule has 0 bridgehead atoms. The molecule has 0 aliphatic heterocycles. The fraction of sp³-hybridized carbons (Fsp3) is 0.182. The van der Waals surface area contributed by atoms with Crippen molar-refractivity contribution in [3.8, 4) is 11.5 Å². The van der Waals surface area contributed by atoms with Crippen molar-refractivity contribution in [3.05, 3.63) is 87.6 Å². The quantitative estimate of drug-likeness (QED) is 0.492. The highest BCUT2D eigenvalue weighted by molar-refractivity contribution is 9.10. The topological polar surface area (TPSA) is 30.5 Å². The molecule has 1 N–H and O–H groups in total. The van der Waals surface area contributed by atoms with E-state index >= 15 is 0 Å². The first kappa shape index (κ1) is 19.2. The average molecular weight is 430 g/mol. The Morgan fingerprint density at radius 1 is 1.04 bits per heavy atom. The summed E-state index contributed by atoms with van der Waals surface area (Å²) in [4.78, 5) is 0. The summed E-state index contributed by atoms with van der Waals surface area (Å²) in [7, 11) is 1.59. The molecule has 0 heterocycles. The van der Waals surface area contributed by atoms with Gasteiger partial charge >= 0.3 is 0 Å². The van der Waals surface area contributed by atoms with Gasteiger partial charge in [-0.2, -0.15) is 0 Å². The van der Waals surface area contributed by atoms with Crippen LogP contribution < -0.4 is 14.8 Å². The zero-order valence-corrected chi connectivity index (χ0v) is 16.8. The molecule has 27 heavy (non-hydrogen) atoms. The number of rotatable bonds is 7. The highest BCUT2D eigenvalue weighted by atomic mass is 79.9. The monoisotopic (exact) mass is 429 g/mol. The van der Waals surface area contributed by atoms with Crippen LogP contribution in [0.15, 0.2) is 65.1 Å². The Morgan fingerprint density at radius 3 is 2.59 bits per heavy atom. The van der Waals surface area contributed by atoms with E-state index in [4.69, 9.17) is 9.47 Å². The van der Waals surface area contributed by atoms with Crippen molar-refractivity contribution in [2.24, 2.45) is 0 Å². The molecule has 3 aromatic carbocycles. The van der Waals surface area contributed by atoms with Crippen LogP contribution in [-0.2, 0) is 13.2 Å². The first-order valence-corrected chi connectivity index (χ1v) is 9.39. The molecule has 3 aromatic rings. The lowest BCUT2D eigenvalue weighted by molar-refractivity contribution is 0.277. The van der Waals surface area contributed by atoms with Crippen LogP contribution in [0.1, 0.15) is 16.7 Å². The van der Waals surface area contributed by atoms with Crippen molar-refractivity contribution >= 4 is 21.6 Å². The standard InChI is InChI=1S/C22H21BrFNO2/c1-15-6-5-8-18(10-15)25-13-16-11-19(23)22(21(12-16)26-2)27-14-17-7-3-4-9-20(17)24/h3-12,25H,13-14H2,1-2H3. The molecule has 0 saturated carbocycles. The van der Waals surface area contributed by atoms with Crippen LogP contribution in [0.3, 0.4) is 0 Å². The lowest BCUT2D eigenvalue weighted by atomic mass is 10.1. The van der Waals surface area contributed by atoms with Crippen LogP contribution in [-0.4, -0.2) is 7.11 Å². The summed E-state index contributed by atoms with van der Waals surface area (Å²) in [6, 6.07) is 18.7. The molecule has 0 radical (unpaired) electrons. The van der Waals surface area contributed by atoms with E-state index < -0.39 is 0 Å². The lowest BCUT2D eigenvalue weighted by Crippen LogP contribution is -2.03. The molecule has 0 unspecified atom stereocenters. The van der Waals surface area contributed by atoms with Gasteiger partial charge < -0.3 is 14.8 Å². The molecular formula is C22H21BrFNO2. The van der Waals surface area contributed by atoms with Crippen molar-refractivity contribution in [1.82, 2.24) is 0 Å². The number of nitrogens with one attached hydrogen (secondary N) is 1. The number of anilines is 1. The van der Waals surface area contributed by atoms with Gasteiger partial charge in [-0.25, -0.2) is 4.39 Å². The van der Waals surface area contributed by atoms with E-state index in [2.05, 4.69) is 40.3 Å². The van der Waals surface area contributed by atoms with Crippen molar-refractivity contribution in [2.75, 3.05) is 12.4 Å². The van der Waals surface area contributed by atoms with Crippen molar-refractivity contribution in [1.29, 1.82) is 0 Å². The summed E-state index contributed by atoms with van der Waals surface area (Å²) in [6.45, 7) is 2.83. The Kier molecular flexibility index (Phi) is 6.35. The molecule has 0 fully saturated rings. The summed E-state index contributed by atoms with van der Waals surface area (Å²) >= 11 is 3.54. The Hall–Kier alpha value is -2.53. The van der Waals surface area contributed by atoms with Crippen LogP contribution in [0.2, 0.25) is 0 Å². The van der Waals surface area contributed by atoms with Gasteiger partial charge in [-0.05, 0) is 64.3 Å². The van der Waals surface area contributed by atoms with E-state index in [0.29, 0.717) is 23.6 Å². The van der Waals surface area contributed by atoms with Crippen LogP contribution in [0.5, 0.6) is 11.5 Å². The largest absolute Gasteiger partial charge is 0.493 e. The fourth-order valence-electron chi connectivity index (χ4n) is 2.74. The number of benzene rings is 3. The van der Waals surface area contributed by atoms with Crippen LogP contribution in [0.4, 0.5) is 10.1 Å². The third kappa shape index (κ3) is 5.01. The van der Waals surface area contributed by atoms with Gasteiger partial charge in [0.15, 0.2) is 11.5 Å². The van der Waals surface area contributed by atoms with E-state index in [0.717, 1.165) is 15.7 Å². The van der Waals surface area contributed by atoms with Gasteiger partial charge in [0.25, 0.3) is 0 Å². The zero-order valence-electron chi connectivity index (χ0n) is 15.3. The van der Waals surface area contributed by atoms with E-state index in [-0.39, 0.29) is 12.4 Å². The second-order valence-electron chi connectivity index (χ2n) is 6.21. The number of aryl methyl sites for hydroxylation is 1. The smallest absolute Gasteiger partial charge is 0.175 e. The van der Waals surface area contributed by atoms with Crippen molar-refractivity contribution in [2.45, 2.75) is 20.1 Å². The summed E-state index contributed by atoms with van der Waals surface area (Å²) in [6.07, 6.45) is 0. The minimum Gasteiger partial charge on any atom is -0.493 e. The number of methoxy groups -OCH3 is 1. The van der Waals surface area contributed by atoms with E-state index in [1.807, 2.05) is 24.3 Å². The second-order valence-corrected chi connectivity index (χ2v) is 7.07. The molecule has 0 saturated heterocycles. The normalized spacial score (nSPS) is 10.5. The zero-order chi connectivity index (χ0) is 19.2. The van der Waals surface area contributed by atoms with Gasteiger partial charge in [-0.3, -0.25) is 0 Å². The predicted octanol–water partition coefficient (Wildman–Crippen LogP) is 6.10. The molecule has 0 aromatic heterocycles. The fourth-order valence-corrected chi connectivity index (χ4v) is 3.34. The molecule has 140 valence electrons. The number of ether oxygens (including phenoxy) is 2. The summed E-state index contributed by atoms with van der Waals surface area (Å²) < 4.78 is 25.9. The maximum Gasteiger partial charge on any atom is 0.175 e. The lowest BCUT2D eigenvalue weighted by Gasteiger charge is -2.15. The van der Waals surface area contributed by atoms with Gasteiger partial charge in [-0.15, -0.1) is 0 Å². The second kappa shape index (κ2) is 8.91. The Labute approximate surface area is 167 Å². The van der Waals surface area contributed by atoms with Crippen molar-refractivity contribution < 1.29 is 13.9 Å². The number of hydrogen-bond donors (Lipinski definition) is 1. The maximum absolute atomic E-state index is 13.8. The summed E-state index contributed by atoms with van der Waals surface area (Å²) in [5.41, 5.74) is 3.80. The molecule has 0 aliphatic carbocycles. The van der Waals surface area contributed by atoms with Gasteiger partial charge in [0.1, 0.15) is 12.4 Å². The van der Waals surface area contributed by atoms with E-state index in [1.165, 1.54) is 11.6 Å². The van der Waals surface area contributed by atoms with E-state index in [1.54, 1.807) is 25.3 Å². The molecule has 5 heteroatoms. The number of hydrogen-bond acceptors (Lipinski definition) is 3. The van der Waals surface area contributed by atoms with Gasteiger partial charge in [-0.1, -0.05) is 30.3 Å². The minimum atomic E-state index is -0.286. The van der Waals surface area contributed by atoms with Gasteiger partial charge in [0.2, 0.25) is 0 Å². The molecular weight excluding hydrogens is 409 g/mol. The van der Waals surface area contributed by atoms with Crippen LogP contribution in [0.25, 0.3) is 0 Å². The van der Waals surface area contributed by atoms with Crippen LogP contribution in [0, 0.1) is 12.7 Å². The van der Waals surface area contributed by atoms with Gasteiger partial charge in [0.05, 0.1) is 11.6 Å². The maximum atomic E-state index is 13.8. The summed E-state index contributed by atoms with van der Waals surface area (Å²) in [5, 5.41) is 3.40. The molecule has 0 amide bonds. The molecule has 0 spiro atoms. The Morgan fingerprint density at radius 2 is 1.85 bits per heavy atom. The molecule has 3 nitrogen and oxygen atoms in total. The van der Waals surface area contributed by atoms with E-state index in [9.17, 15) is 4.39 Å². The Bertz CT molecular complexity index is 930. The van der Waals surface area contributed by atoms with Crippen LogP contribution >= 0.6 is 15.9 Å². The Balaban J connectivity index is 1.73. The summed E-state index contributed by atoms with van der Waals surface area (Å²) in [5.74, 6) is 0.869. The molecule has 0 aliphatic rings. The molecule has 0 atom stereocenters. The first-order chi connectivity index (χ1) is 13.1. The third-order valence-corrected chi connectivity index (χ3v) is 4.72. The predicted molar refractivity (Wildman–Crippen MR) is 110 cm³/mol. The highest BCUT2D eigenvalue weighted by Gasteiger charge is 2.13. The van der Waals surface area contributed by atoms with Crippen molar-refractivity contribution in [3.63, 3.8) is 0 Å². The van der Waals surface area contributed by atoms with Gasteiger partial charge in [0, 0.05) is 17.8 Å². The minimum absolute atomic E-state index is 0.128. The number of halogens is 2. The first-order valence-electron chi connectivity index (χ1n) is 8.60. The average Bonchev–Trinajstić information content (AvgIpc) is 2.66. The molecule has 3 rings (SSSR count).